The van der Waals surface area contributed by atoms with Crippen LogP contribution >= 0.6 is 0 Å². The number of benzene rings is 1. The van der Waals surface area contributed by atoms with E-state index in [0.29, 0.717) is 17.7 Å². The van der Waals surface area contributed by atoms with Gasteiger partial charge in [-0.3, -0.25) is 0 Å². The van der Waals surface area contributed by atoms with Crippen molar-refractivity contribution >= 4 is 5.71 Å². The van der Waals surface area contributed by atoms with E-state index in [1.807, 2.05) is 0 Å². The first kappa shape index (κ1) is 8.07. The zero-order valence-corrected chi connectivity index (χ0v) is 6.84. The van der Waals surface area contributed by atoms with Gasteiger partial charge >= 0.3 is 0 Å². The Morgan fingerprint density at radius 2 is 2.15 bits per heavy atom. The van der Waals surface area contributed by atoms with E-state index in [1.165, 1.54) is 0 Å². The summed E-state index contributed by atoms with van der Waals surface area (Å²) >= 11 is 0. The summed E-state index contributed by atoms with van der Waals surface area (Å²) in [4.78, 5) is 4.61. The zero-order chi connectivity index (χ0) is 9.26. The molecule has 0 bridgehead atoms. The van der Waals surface area contributed by atoms with Gasteiger partial charge in [0.05, 0.1) is 12.1 Å². The SMILES string of the molecule is Oc1ccccc1C1=NOC(O)C1. The molecule has 1 aliphatic rings. The van der Waals surface area contributed by atoms with Crippen molar-refractivity contribution in [1.82, 2.24) is 0 Å². The molecule has 1 heterocycles. The molecular formula is C9H9NO3. The van der Waals surface area contributed by atoms with Gasteiger partial charge in [-0.05, 0) is 12.1 Å². The van der Waals surface area contributed by atoms with E-state index >= 15 is 0 Å². The molecule has 0 spiro atoms. The highest BCUT2D eigenvalue weighted by molar-refractivity contribution is 6.03. The quantitative estimate of drug-likeness (QED) is 0.671. The van der Waals surface area contributed by atoms with E-state index in [9.17, 15) is 5.11 Å². The Morgan fingerprint density at radius 3 is 2.77 bits per heavy atom. The van der Waals surface area contributed by atoms with Gasteiger partial charge in [0.2, 0.25) is 6.29 Å². The van der Waals surface area contributed by atoms with Gasteiger partial charge in [0.25, 0.3) is 0 Å². The molecular weight excluding hydrogens is 170 g/mol. The fourth-order valence-corrected chi connectivity index (χ4v) is 1.24. The van der Waals surface area contributed by atoms with E-state index < -0.39 is 6.29 Å². The second-order valence-corrected chi connectivity index (χ2v) is 2.82. The summed E-state index contributed by atoms with van der Waals surface area (Å²) in [7, 11) is 0. The second kappa shape index (κ2) is 3.06. The van der Waals surface area contributed by atoms with Crippen LogP contribution < -0.4 is 0 Å². The monoisotopic (exact) mass is 179 g/mol. The first-order valence-electron chi connectivity index (χ1n) is 3.96. The number of phenolic OH excluding ortho intramolecular Hbond substituents is 1. The zero-order valence-electron chi connectivity index (χ0n) is 6.84. The summed E-state index contributed by atoms with van der Waals surface area (Å²) in [5.74, 6) is 0.152. The molecule has 0 saturated carbocycles. The molecule has 68 valence electrons. The molecule has 0 aliphatic carbocycles. The normalized spacial score (nSPS) is 21.0. The standard InChI is InChI=1S/C9H9NO3/c11-8-4-2-1-3-6(8)7-5-9(12)13-10-7/h1-4,9,11-12H,5H2. The number of nitrogens with zero attached hydrogens (tertiary/aromatic N) is 1. The van der Waals surface area contributed by atoms with Crippen molar-refractivity contribution < 1.29 is 15.1 Å². The van der Waals surface area contributed by atoms with Crippen molar-refractivity contribution in [3.8, 4) is 5.75 Å². The first-order chi connectivity index (χ1) is 6.27. The highest BCUT2D eigenvalue weighted by Crippen LogP contribution is 2.22. The van der Waals surface area contributed by atoms with Crippen LogP contribution in [0, 0.1) is 0 Å². The van der Waals surface area contributed by atoms with Crippen LogP contribution in [0.1, 0.15) is 12.0 Å². The molecule has 4 heteroatoms. The number of aliphatic hydroxyl groups is 1. The number of hydrogen-bond donors (Lipinski definition) is 2. The summed E-state index contributed by atoms with van der Waals surface area (Å²) in [5, 5.41) is 22.1. The lowest BCUT2D eigenvalue weighted by molar-refractivity contribution is -0.0762. The van der Waals surface area contributed by atoms with Gasteiger partial charge in [-0.1, -0.05) is 17.3 Å². The number of aromatic hydroxyl groups is 1. The summed E-state index contributed by atoms with van der Waals surface area (Å²) in [6, 6.07) is 6.83. The predicted molar refractivity (Wildman–Crippen MR) is 46.4 cm³/mol. The molecule has 0 saturated heterocycles. The third-order valence-electron chi connectivity index (χ3n) is 1.87. The average Bonchev–Trinajstić information content (AvgIpc) is 2.53. The Labute approximate surface area is 75.1 Å². The molecule has 0 aromatic heterocycles. The van der Waals surface area contributed by atoms with Crippen LogP contribution in [0.2, 0.25) is 0 Å². The van der Waals surface area contributed by atoms with Crippen LogP contribution in [0.5, 0.6) is 5.75 Å². The Kier molecular flexibility index (Phi) is 1.90. The van der Waals surface area contributed by atoms with Gasteiger partial charge in [0, 0.05) is 5.56 Å². The molecule has 13 heavy (non-hydrogen) atoms. The highest BCUT2D eigenvalue weighted by Gasteiger charge is 2.20. The van der Waals surface area contributed by atoms with Crippen molar-refractivity contribution in [2.75, 3.05) is 0 Å². The van der Waals surface area contributed by atoms with Gasteiger partial charge in [-0.15, -0.1) is 0 Å². The minimum absolute atomic E-state index is 0.152. The highest BCUT2D eigenvalue weighted by atomic mass is 16.7. The van der Waals surface area contributed by atoms with E-state index in [-0.39, 0.29) is 5.75 Å². The molecule has 0 amide bonds. The van der Waals surface area contributed by atoms with Crippen molar-refractivity contribution in [2.45, 2.75) is 12.7 Å². The third-order valence-corrected chi connectivity index (χ3v) is 1.87. The van der Waals surface area contributed by atoms with E-state index in [2.05, 4.69) is 9.99 Å². The predicted octanol–water partition coefficient (Wildman–Crippen LogP) is 0.835. The molecule has 1 atom stereocenters. The molecule has 1 aromatic rings. The Morgan fingerprint density at radius 1 is 1.38 bits per heavy atom. The maximum atomic E-state index is 9.44. The Bertz CT molecular complexity index is 348. The molecule has 2 rings (SSSR count). The van der Waals surface area contributed by atoms with Crippen LogP contribution in [0.15, 0.2) is 29.4 Å². The van der Waals surface area contributed by atoms with Gasteiger partial charge < -0.3 is 15.1 Å². The molecule has 0 fully saturated rings. The fourth-order valence-electron chi connectivity index (χ4n) is 1.24. The fraction of sp³-hybridized carbons (Fsp3) is 0.222. The molecule has 1 aromatic carbocycles. The molecule has 2 N–H and O–H groups in total. The van der Waals surface area contributed by atoms with Gasteiger partial charge in [-0.2, -0.15) is 0 Å². The maximum absolute atomic E-state index is 9.44. The van der Waals surface area contributed by atoms with Crippen LogP contribution in [0.3, 0.4) is 0 Å². The van der Waals surface area contributed by atoms with Gasteiger partial charge in [-0.25, -0.2) is 0 Å². The Hall–Kier alpha value is -1.55. The third kappa shape index (κ3) is 1.48. The van der Waals surface area contributed by atoms with Crippen LogP contribution in [0.4, 0.5) is 0 Å². The summed E-state index contributed by atoms with van der Waals surface area (Å²) < 4.78 is 0. The minimum atomic E-state index is -0.880. The van der Waals surface area contributed by atoms with E-state index in [0.717, 1.165) is 0 Å². The first-order valence-corrected chi connectivity index (χ1v) is 3.96. The molecule has 1 unspecified atom stereocenters. The Balaban J connectivity index is 2.31. The minimum Gasteiger partial charge on any atom is -0.507 e. The summed E-state index contributed by atoms with van der Waals surface area (Å²) in [6.45, 7) is 0. The van der Waals surface area contributed by atoms with E-state index in [4.69, 9.17) is 5.11 Å². The number of hydrogen-bond acceptors (Lipinski definition) is 4. The summed E-state index contributed by atoms with van der Waals surface area (Å²) in [6.07, 6.45) is -0.563. The molecule has 0 radical (unpaired) electrons. The molecule has 4 nitrogen and oxygen atoms in total. The molecule has 1 aliphatic heterocycles. The van der Waals surface area contributed by atoms with Crippen LogP contribution in [-0.2, 0) is 4.84 Å². The van der Waals surface area contributed by atoms with Crippen molar-refractivity contribution in [2.24, 2.45) is 5.16 Å². The lowest BCUT2D eigenvalue weighted by atomic mass is 10.1. The topological polar surface area (TPSA) is 62.1 Å². The van der Waals surface area contributed by atoms with Gasteiger partial charge in [0.15, 0.2) is 0 Å². The van der Waals surface area contributed by atoms with E-state index in [1.54, 1.807) is 24.3 Å². The smallest absolute Gasteiger partial charge is 0.230 e. The number of aliphatic hydroxyl groups excluding tert-OH is 1. The number of rotatable bonds is 1. The number of phenols is 1. The number of oxime groups is 1. The van der Waals surface area contributed by atoms with Crippen LogP contribution in [-0.4, -0.2) is 22.2 Å². The lowest BCUT2D eigenvalue weighted by Crippen LogP contribution is -2.06. The van der Waals surface area contributed by atoms with Crippen molar-refractivity contribution in [1.29, 1.82) is 0 Å². The van der Waals surface area contributed by atoms with Crippen LogP contribution in [0.25, 0.3) is 0 Å². The largest absolute Gasteiger partial charge is 0.507 e. The average molecular weight is 179 g/mol. The maximum Gasteiger partial charge on any atom is 0.230 e. The van der Waals surface area contributed by atoms with Crippen molar-refractivity contribution in [3.05, 3.63) is 29.8 Å². The van der Waals surface area contributed by atoms with Crippen molar-refractivity contribution in [3.63, 3.8) is 0 Å². The number of para-hydroxylation sites is 1. The van der Waals surface area contributed by atoms with Gasteiger partial charge in [0.1, 0.15) is 5.75 Å². The summed E-state index contributed by atoms with van der Waals surface area (Å²) in [5.41, 5.74) is 1.18. The lowest BCUT2D eigenvalue weighted by Gasteiger charge is -2.00. The second-order valence-electron chi connectivity index (χ2n) is 2.82.